The van der Waals surface area contributed by atoms with Crippen molar-refractivity contribution in [3.8, 4) is 22.6 Å². The highest BCUT2D eigenvalue weighted by Gasteiger charge is 2.20. The van der Waals surface area contributed by atoms with Gasteiger partial charge in [-0.15, -0.1) is 0 Å². The van der Waals surface area contributed by atoms with Crippen LogP contribution in [0.2, 0.25) is 0 Å². The molecule has 0 heterocycles. The molecule has 0 spiro atoms. The topological polar surface area (TPSA) is 180 Å². The summed E-state index contributed by atoms with van der Waals surface area (Å²) in [6, 6.07) is 15.4. The zero-order valence-electron chi connectivity index (χ0n) is 21.3. The Morgan fingerprint density at radius 2 is 1.85 bits per heavy atom. The van der Waals surface area contributed by atoms with Crippen molar-refractivity contribution in [2.75, 3.05) is 30.3 Å². The number of sulfone groups is 1. The van der Waals surface area contributed by atoms with Gasteiger partial charge in [0.1, 0.15) is 17.3 Å². The summed E-state index contributed by atoms with van der Waals surface area (Å²) in [5, 5.41) is 17.9. The van der Waals surface area contributed by atoms with Gasteiger partial charge in [-0.25, -0.2) is 17.4 Å². The number of rotatable bonds is 12. The van der Waals surface area contributed by atoms with Gasteiger partial charge in [-0.2, -0.15) is 0 Å². The largest absolute Gasteiger partial charge is 0.506 e. The van der Waals surface area contributed by atoms with Crippen LogP contribution in [0.3, 0.4) is 0 Å². The Labute approximate surface area is 229 Å². The van der Waals surface area contributed by atoms with Crippen molar-refractivity contribution in [1.82, 2.24) is 0 Å². The van der Waals surface area contributed by atoms with E-state index in [2.05, 4.69) is 0 Å². The number of benzene rings is 3. The molecule has 208 valence electrons. The second-order valence-corrected chi connectivity index (χ2v) is 11.3. The molecule has 3 rings (SSSR count). The van der Waals surface area contributed by atoms with Gasteiger partial charge in [0.25, 0.3) is 11.3 Å². The number of phenolic OH excluding ortho intramolecular Hbond substituents is 1. The molecule has 0 saturated carbocycles. The number of carbonyl (C=O) groups is 1. The van der Waals surface area contributed by atoms with Crippen LogP contribution in [0.15, 0.2) is 65.6 Å². The maximum absolute atomic E-state index is 12.3. The molecule has 0 radical (unpaired) electrons. The van der Waals surface area contributed by atoms with Crippen molar-refractivity contribution in [3.05, 3.63) is 71.8 Å². The summed E-state index contributed by atoms with van der Waals surface area (Å²) in [6.07, 6.45) is 1.24. The highest BCUT2D eigenvalue weighted by atomic mass is 32.2. The van der Waals surface area contributed by atoms with Crippen molar-refractivity contribution in [3.63, 3.8) is 0 Å². The van der Waals surface area contributed by atoms with Gasteiger partial charge in [0, 0.05) is 23.9 Å². The maximum Gasteiger partial charge on any atom is 0.344 e. The van der Waals surface area contributed by atoms with E-state index in [0.29, 0.717) is 16.7 Å². The third-order valence-corrected chi connectivity index (χ3v) is 7.55. The van der Waals surface area contributed by atoms with Gasteiger partial charge in [0.05, 0.1) is 17.2 Å². The Morgan fingerprint density at radius 3 is 2.49 bits per heavy atom. The fourth-order valence-corrected chi connectivity index (χ4v) is 5.30. The average molecular weight is 576 g/mol. The van der Waals surface area contributed by atoms with Gasteiger partial charge in [0.15, 0.2) is 16.4 Å². The number of nitrogens with zero attached hydrogens (tertiary/aromatic N) is 1. The molecule has 0 saturated heterocycles. The highest BCUT2D eigenvalue weighted by Crippen LogP contribution is 2.33. The lowest BCUT2D eigenvalue weighted by Crippen LogP contribution is -2.28. The van der Waals surface area contributed by atoms with Crippen LogP contribution < -0.4 is 14.8 Å². The first-order valence-electron chi connectivity index (χ1n) is 11.7. The van der Waals surface area contributed by atoms with Crippen LogP contribution in [0.1, 0.15) is 18.1 Å². The molecule has 1 unspecified atom stereocenters. The van der Waals surface area contributed by atoms with Gasteiger partial charge < -0.3 is 20.3 Å². The molecule has 0 fully saturated rings. The molecule has 0 aromatic heterocycles. The minimum atomic E-state index is -3.54. The summed E-state index contributed by atoms with van der Waals surface area (Å²) in [7, 11) is -3.54. The number of nitrogen functional groups attached to an aromatic ring is 1. The Hall–Kier alpha value is -3.94. The van der Waals surface area contributed by atoms with Gasteiger partial charge >= 0.3 is 5.97 Å². The van der Waals surface area contributed by atoms with E-state index in [4.69, 9.17) is 20.6 Å². The van der Waals surface area contributed by atoms with Crippen molar-refractivity contribution in [2.45, 2.75) is 18.2 Å². The Bertz CT molecular complexity index is 1510. The number of hydrogen-bond acceptors (Lipinski definition) is 8. The summed E-state index contributed by atoms with van der Waals surface area (Å²) >= 11 is -2.55. The molecular formula is C26H29N3O8S2. The van der Waals surface area contributed by atoms with E-state index in [1.54, 1.807) is 43.3 Å². The Morgan fingerprint density at radius 1 is 1.13 bits per heavy atom. The lowest BCUT2D eigenvalue weighted by Gasteiger charge is -2.22. The number of phenols is 1. The van der Waals surface area contributed by atoms with E-state index in [1.165, 1.54) is 24.3 Å². The summed E-state index contributed by atoms with van der Waals surface area (Å²) < 4.78 is 58.5. The molecule has 13 heteroatoms. The average Bonchev–Trinajstić information content (AvgIpc) is 2.88. The number of carbonyl (C=O) groups excluding carboxylic acids is 1. The molecule has 0 amide bonds. The van der Waals surface area contributed by atoms with E-state index in [0.717, 1.165) is 10.6 Å². The molecule has 0 bridgehead atoms. The Kier molecular flexibility index (Phi) is 9.67. The van der Waals surface area contributed by atoms with Crippen molar-refractivity contribution in [2.24, 2.45) is 5.73 Å². The molecule has 1 atom stereocenters. The number of anilines is 1. The first-order valence-corrected chi connectivity index (χ1v) is 14.6. The predicted molar refractivity (Wildman–Crippen MR) is 148 cm³/mol. The summed E-state index contributed by atoms with van der Waals surface area (Å²) in [5.74, 6) is -0.919. The second kappa shape index (κ2) is 12.7. The third kappa shape index (κ3) is 7.56. The zero-order valence-corrected chi connectivity index (χ0v) is 22.9. The van der Waals surface area contributed by atoms with Crippen LogP contribution in [-0.2, 0) is 37.1 Å². The molecule has 5 N–H and O–H groups in total. The van der Waals surface area contributed by atoms with Gasteiger partial charge in [-0.05, 0) is 54.8 Å². The molecular weight excluding hydrogens is 546 g/mol. The number of amidine groups is 1. The standard InChI is InChI=1S/C26H29N3O8S2/c1-3-36-25(31)16-37-23-15-18(20-6-4-5-7-24(20)39(2,34)35)9-8-17(23)12-13-29(38(32)33)21-14-19(26(27)28)10-11-22(21)30/h4-11,14-15,30H,3,12-13,16H2,1-2H3,(H3,27,28)(H,32,33). The van der Waals surface area contributed by atoms with Crippen LogP contribution in [-0.4, -0.2) is 60.1 Å². The lowest BCUT2D eigenvalue weighted by molar-refractivity contribution is -0.145. The van der Waals surface area contributed by atoms with Gasteiger partial charge in [-0.3, -0.25) is 14.3 Å². The molecule has 3 aromatic carbocycles. The number of hydrogen-bond donors (Lipinski definition) is 4. The minimum Gasteiger partial charge on any atom is -0.506 e. The first-order chi connectivity index (χ1) is 18.4. The minimum absolute atomic E-state index is 0.00350. The van der Waals surface area contributed by atoms with E-state index in [9.17, 15) is 27.1 Å². The third-order valence-electron chi connectivity index (χ3n) is 5.64. The first kappa shape index (κ1) is 29.6. The van der Waals surface area contributed by atoms with Gasteiger partial charge in [0.2, 0.25) is 0 Å². The normalized spacial score (nSPS) is 12.0. The zero-order chi connectivity index (χ0) is 28.7. The molecule has 11 nitrogen and oxygen atoms in total. The molecule has 3 aromatic rings. The second-order valence-electron chi connectivity index (χ2n) is 8.38. The quantitative estimate of drug-likeness (QED) is 0.109. The predicted octanol–water partition coefficient (Wildman–Crippen LogP) is 2.87. The highest BCUT2D eigenvalue weighted by molar-refractivity contribution is 7.90. The van der Waals surface area contributed by atoms with Crippen molar-refractivity contribution >= 4 is 38.6 Å². The Balaban J connectivity index is 1.99. The number of aromatic hydroxyl groups is 1. The SMILES string of the molecule is CCOC(=O)COc1cc(-c2ccccc2S(C)(=O)=O)ccc1CCN(c1cc(C(=N)N)ccc1O)S(=O)O. The number of nitrogens with one attached hydrogen (secondary N) is 1. The van der Waals surface area contributed by atoms with Gasteiger partial charge in [-0.1, -0.05) is 30.3 Å². The summed E-state index contributed by atoms with van der Waals surface area (Å²) in [4.78, 5) is 12.1. The van der Waals surface area contributed by atoms with Crippen LogP contribution in [0.25, 0.3) is 11.1 Å². The molecule has 0 aliphatic carbocycles. The summed E-state index contributed by atoms with van der Waals surface area (Å²) in [5.41, 5.74) is 7.28. The van der Waals surface area contributed by atoms with E-state index in [1.807, 2.05) is 0 Å². The fourth-order valence-electron chi connectivity index (χ4n) is 3.83. The van der Waals surface area contributed by atoms with E-state index < -0.39 is 33.7 Å². The van der Waals surface area contributed by atoms with Crippen molar-refractivity contribution in [1.29, 1.82) is 5.41 Å². The molecule has 39 heavy (non-hydrogen) atoms. The number of esters is 1. The lowest BCUT2D eigenvalue weighted by atomic mass is 10.0. The fraction of sp³-hybridized carbons (Fsp3) is 0.231. The van der Waals surface area contributed by atoms with Crippen LogP contribution >= 0.6 is 0 Å². The molecule has 0 aliphatic heterocycles. The van der Waals surface area contributed by atoms with E-state index >= 15 is 0 Å². The monoisotopic (exact) mass is 575 g/mol. The van der Waals surface area contributed by atoms with E-state index in [-0.39, 0.29) is 53.1 Å². The maximum atomic E-state index is 12.3. The number of nitrogens with two attached hydrogens (primary N) is 1. The van der Waals surface area contributed by atoms with Crippen LogP contribution in [0.5, 0.6) is 11.5 Å². The van der Waals surface area contributed by atoms with Crippen LogP contribution in [0.4, 0.5) is 5.69 Å². The molecule has 0 aliphatic rings. The number of ether oxygens (including phenoxy) is 2. The smallest absolute Gasteiger partial charge is 0.344 e. The van der Waals surface area contributed by atoms with Crippen LogP contribution in [0, 0.1) is 5.41 Å². The van der Waals surface area contributed by atoms with Crippen molar-refractivity contribution < 1.29 is 36.6 Å². The summed E-state index contributed by atoms with van der Waals surface area (Å²) in [6.45, 7) is 1.34.